The minimum atomic E-state index is 0.0371. The van der Waals surface area contributed by atoms with Gasteiger partial charge in [0.25, 0.3) is 5.91 Å². The summed E-state index contributed by atoms with van der Waals surface area (Å²) >= 11 is 0. The van der Waals surface area contributed by atoms with Gasteiger partial charge in [0.15, 0.2) is 5.69 Å². The van der Waals surface area contributed by atoms with Crippen LogP contribution < -0.4 is 0 Å². The Morgan fingerprint density at radius 3 is 2.17 bits per heavy atom. The summed E-state index contributed by atoms with van der Waals surface area (Å²) in [4.78, 5) is 22.8. The molecule has 1 aliphatic heterocycles. The second kappa shape index (κ2) is 12.3. The minimum absolute atomic E-state index is 0.0371. The number of carbonyl (C=O) groups excluding carboxylic acids is 1. The zero-order chi connectivity index (χ0) is 28.9. The molecule has 1 amide bonds. The smallest absolute Gasteiger partial charge is 0.256 e. The summed E-state index contributed by atoms with van der Waals surface area (Å²) in [6.45, 7) is 12.7. The fourth-order valence-electron chi connectivity index (χ4n) is 6.10. The maximum Gasteiger partial charge on any atom is 0.256 e. The van der Waals surface area contributed by atoms with E-state index in [1.807, 2.05) is 61.5 Å². The largest absolute Gasteiger partial charge is 0.333 e. The first kappa shape index (κ1) is 27.3. The third-order valence-electron chi connectivity index (χ3n) is 8.07. The van der Waals surface area contributed by atoms with E-state index >= 15 is 0 Å². The Bertz CT molecular complexity index is 1700. The van der Waals surface area contributed by atoms with E-state index in [2.05, 4.69) is 85.9 Å². The van der Waals surface area contributed by atoms with Crippen molar-refractivity contribution in [1.82, 2.24) is 14.4 Å². The Morgan fingerprint density at radius 1 is 0.810 bits per heavy atom. The van der Waals surface area contributed by atoms with E-state index < -0.39 is 0 Å². The number of hydrogen-bond acceptors (Lipinski definition) is 2. The summed E-state index contributed by atoms with van der Waals surface area (Å²) in [5.74, 6) is 0.0531. The summed E-state index contributed by atoms with van der Waals surface area (Å²) < 4.78 is 2.12. The molecule has 1 aliphatic rings. The molecule has 2 heterocycles. The van der Waals surface area contributed by atoms with Crippen LogP contribution in [-0.4, -0.2) is 46.0 Å². The number of amides is 1. The van der Waals surface area contributed by atoms with Gasteiger partial charge >= 0.3 is 0 Å². The molecule has 0 radical (unpaired) electrons. The highest BCUT2D eigenvalue weighted by molar-refractivity contribution is 6.01. The molecule has 0 saturated carbocycles. The van der Waals surface area contributed by atoms with Gasteiger partial charge in [-0.1, -0.05) is 103 Å². The number of aryl methyl sites for hydroxylation is 1. The van der Waals surface area contributed by atoms with Crippen LogP contribution in [0.5, 0.6) is 0 Å². The van der Waals surface area contributed by atoms with Gasteiger partial charge in [-0.15, -0.1) is 0 Å². The maximum absolute atomic E-state index is 14.6. The van der Waals surface area contributed by atoms with Crippen molar-refractivity contribution in [1.29, 1.82) is 0 Å². The monoisotopic (exact) mass is 550 g/mol. The van der Waals surface area contributed by atoms with Crippen molar-refractivity contribution in [3.8, 4) is 16.9 Å². The highest BCUT2D eigenvalue weighted by atomic mass is 16.2. The number of carbonyl (C=O) groups is 1. The van der Waals surface area contributed by atoms with E-state index in [4.69, 9.17) is 6.57 Å². The lowest BCUT2D eigenvalue weighted by Gasteiger charge is -2.42. The van der Waals surface area contributed by atoms with Gasteiger partial charge in [-0.2, -0.15) is 0 Å². The van der Waals surface area contributed by atoms with Gasteiger partial charge in [-0.05, 0) is 48.2 Å². The highest BCUT2D eigenvalue weighted by Gasteiger charge is 2.33. The Hall–Kier alpha value is -4.92. The predicted molar refractivity (Wildman–Crippen MR) is 169 cm³/mol. The van der Waals surface area contributed by atoms with E-state index in [0.717, 1.165) is 48.7 Å². The molecular weight excluding hydrogens is 516 g/mol. The summed E-state index contributed by atoms with van der Waals surface area (Å²) in [6.07, 6.45) is 0.797. The third-order valence-corrected chi connectivity index (χ3v) is 8.07. The molecular formula is C37H34N4O. The lowest BCUT2D eigenvalue weighted by molar-refractivity contribution is 0.0439. The number of hydrogen-bond donors (Lipinski definition) is 0. The maximum atomic E-state index is 14.6. The topological polar surface area (TPSA) is 32.8 Å². The molecule has 0 bridgehead atoms. The minimum Gasteiger partial charge on any atom is -0.333 e. The van der Waals surface area contributed by atoms with Crippen molar-refractivity contribution in [2.75, 3.05) is 19.6 Å². The van der Waals surface area contributed by atoms with Crippen LogP contribution in [0.3, 0.4) is 0 Å². The van der Waals surface area contributed by atoms with Crippen molar-refractivity contribution in [2.45, 2.75) is 25.9 Å². The van der Waals surface area contributed by atoms with Crippen LogP contribution in [0, 0.1) is 13.5 Å². The number of rotatable bonds is 7. The molecule has 1 fully saturated rings. The van der Waals surface area contributed by atoms with E-state index in [9.17, 15) is 4.79 Å². The third kappa shape index (κ3) is 5.76. The summed E-state index contributed by atoms with van der Waals surface area (Å²) in [7, 11) is 0. The highest BCUT2D eigenvalue weighted by Crippen LogP contribution is 2.34. The molecule has 42 heavy (non-hydrogen) atoms. The van der Waals surface area contributed by atoms with E-state index in [0.29, 0.717) is 17.8 Å². The Morgan fingerprint density at radius 2 is 1.48 bits per heavy atom. The van der Waals surface area contributed by atoms with Crippen molar-refractivity contribution < 1.29 is 4.79 Å². The normalized spacial score (nSPS) is 15.3. The Labute approximate surface area is 248 Å². The first-order valence-corrected chi connectivity index (χ1v) is 14.5. The Kier molecular flexibility index (Phi) is 7.98. The van der Waals surface area contributed by atoms with E-state index in [1.165, 1.54) is 11.1 Å². The van der Waals surface area contributed by atoms with E-state index in [1.54, 1.807) is 0 Å². The molecule has 5 nitrogen and oxygen atoms in total. The number of piperazine rings is 1. The fourth-order valence-corrected chi connectivity index (χ4v) is 6.10. The van der Waals surface area contributed by atoms with Gasteiger partial charge in [0.05, 0.1) is 17.8 Å². The molecule has 4 aromatic carbocycles. The fraction of sp³-hybridized carbons (Fsp3) is 0.189. The number of aromatic nitrogens is 1. The summed E-state index contributed by atoms with van der Waals surface area (Å²) in [5, 5.41) is 0. The molecule has 6 rings (SSSR count). The van der Waals surface area contributed by atoms with Gasteiger partial charge in [0.2, 0.25) is 0 Å². The first-order chi connectivity index (χ1) is 20.6. The zero-order valence-corrected chi connectivity index (χ0v) is 23.9. The van der Waals surface area contributed by atoms with Crippen LogP contribution in [0.2, 0.25) is 0 Å². The molecule has 208 valence electrons. The van der Waals surface area contributed by atoms with Crippen molar-refractivity contribution >= 4 is 11.6 Å². The predicted octanol–water partition coefficient (Wildman–Crippen LogP) is 7.57. The van der Waals surface area contributed by atoms with Gasteiger partial charge in [0.1, 0.15) is 0 Å². The molecule has 1 saturated heterocycles. The quantitative estimate of drug-likeness (QED) is 0.196. The number of nitrogens with zero attached hydrogens (tertiary/aromatic N) is 4. The zero-order valence-electron chi connectivity index (χ0n) is 23.9. The van der Waals surface area contributed by atoms with Gasteiger partial charge in [0, 0.05) is 43.6 Å². The molecule has 1 atom stereocenters. The summed E-state index contributed by atoms with van der Waals surface area (Å²) in [6, 6.07) is 40.8. The number of benzene rings is 4. The molecule has 0 N–H and O–H groups in total. The summed E-state index contributed by atoms with van der Waals surface area (Å²) in [5.41, 5.74) is 7.47. The molecule has 5 aromatic rings. The standard InChI is InChI=1S/C37H34N4O/c1-28-23-35(36(31-17-10-5-11-18-31)41(28)33-20-12-19-32(25-33)38-2)37(42)40-22-21-39(26-30-15-8-4-9-16-30)27-34(40)24-29-13-6-3-7-14-29/h3-20,23,25,34H,21-22,24,26-27H2,1H3/t34-/m1/s1. The average Bonchev–Trinajstić information content (AvgIpc) is 3.39. The van der Waals surface area contributed by atoms with Crippen molar-refractivity contribution in [2.24, 2.45) is 0 Å². The van der Waals surface area contributed by atoms with Crippen molar-refractivity contribution in [3.05, 3.63) is 155 Å². The molecule has 0 unspecified atom stereocenters. The van der Waals surface area contributed by atoms with Crippen LogP contribution >= 0.6 is 0 Å². The van der Waals surface area contributed by atoms with Crippen LogP contribution in [0.4, 0.5) is 5.69 Å². The van der Waals surface area contributed by atoms with Gasteiger partial charge < -0.3 is 9.47 Å². The lowest BCUT2D eigenvalue weighted by Crippen LogP contribution is -2.55. The lowest BCUT2D eigenvalue weighted by atomic mass is 9.99. The Balaban J connectivity index is 1.39. The average molecular weight is 551 g/mol. The molecule has 0 spiro atoms. The van der Waals surface area contributed by atoms with Gasteiger partial charge in [-0.3, -0.25) is 9.69 Å². The first-order valence-electron chi connectivity index (χ1n) is 14.5. The van der Waals surface area contributed by atoms with Crippen molar-refractivity contribution in [3.63, 3.8) is 0 Å². The second-order valence-corrected chi connectivity index (χ2v) is 10.9. The van der Waals surface area contributed by atoms with Crippen LogP contribution in [0.15, 0.2) is 121 Å². The van der Waals surface area contributed by atoms with Crippen LogP contribution in [0.25, 0.3) is 21.8 Å². The molecule has 5 heteroatoms. The molecule has 1 aromatic heterocycles. The second-order valence-electron chi connectivity index (χ2n) is 10.9. The van der Waals surface area contributed by atoms with Crippen LogP contribution in [-0.2, 0) is 13.0 Å². The molecule has 0 aliphatic carbocycles. The van der Waals surface area contributed by atoms with Crippen LogP contribution in [0.1, 0.15) is 27.2 Å². The van der Waals surface area contributed by atoms with Gasteiger partial charge in [-0.25, -0.2) is 4.85 Å². The van der Waals surface area contributed by atoms with E-state index in [-0.39, 0.29) is 11.9 Å². The SMILES string of the molecule is [C-]#[N+]c1cccc(-n2c(C)cc(C(=O)N3CCN(Cc4ccccc4)C[C@H]3Cc3ccccc3)c2-c2ccccc2)c1.